The number of aromatic carboxylic acids is 1. The van der Waals surface area contributed by atoms with Crippen LogP contribution in [0.1, 0.15) is 44.5 Å². The molecule has 1 heterocycles. The van der Waals surface area contributed by atoms with Crippen molar-refractivity contribution in [1.29, 1.82) is 0 Å². The van der Waals surface area contributed by atoms with E-state index in [1.54, 1.807) is 23.5 Å². The first-order chi connectivity index (χ1) is 9.88. The van der Waals surface area contributed by atoms with Gasteiger partial charge in [-0.25, -0.2) is 9.78 Å². The maximum atomic E-state index is 10.8. The molecule has 1 N–H and O–H groups in total. The Labute approximate surface area is 129 Å². The highest BCUT2D eigenvalue weighted by Crippen LogP contribution is 2.26. The normalized spacial score (nSPS) is 12.6. The number of nitrogens with zero attached hydrogens (tertiary/aromatic N) is 2. The lowest BCUT2D eigenvalue weighted by Gasteiger charge is -2.24. The smallest absolute Gasteiger partial charge is 0.335 e. The molecule has 112 valence electrons. The quantitative estimate of drug-likeness (QED) is 0.916. The number of aryl methyl sites for hydroxylation is 2. The van der Waals surface area contributed by atoms with Crippen LogP contribution < -0.4 is 0 Å². The second-order valence-corrected chi connectivity index (χ2v) is 6.67. The number of benzene rings is 1. The highest BCUT2D eigenvalue weighted by Gasteiger charge is 2.17. The Balaban J connectivity index is 2.08. The van der Waals surface area contributed by atoms with Crippen molar-refractivity contribution in [3.05, 3.63) is 51.0 Å². The van der Waals surface area contributed by atoms with Crippen LogP contribution in [0.3, 0.4) is 0 Å². The van der Waals surface area contributed by atoms with E-state index in [1.807, 2.05) is 19.1 Å². The number of thiazole rings is 1. The van der Waals surface area contributed by atoms with E-state index < -0.39 is 5.97 Å². The lowest BCUT2D eigenvalue weighted by molar-refractivity contribution is 0.0697. The van der Waals surface area contributed by atoms with Crippen LogP contribution in [0.2, 0.25) is 0 Å². The van der Waals surface area contributed by atoms with Gasteiger partial charge in [0.1, 0.15) is 0 Å². The molecular formula is C16H20N2O2S. The van der Waals surface area contributed by atoms with Gasteiger partial charge in [0.05, 0.1) is 22.3 Å². The predicted molar refractivity (Wildman–Crippen MR) is 84.9 cm³/mol. The third kappa shape index (κ3) is 3.68. The number of aromatic nitrogens is 1. The average molecular weight is 304 g/mol. The van der Waals surface area contributed by atoms with E-state index in [9.17, 15) is 4.79 Å². The number of carboxylic acid groups (broad SMARTS) is 1. The lowest BCUT2D eigenvalue weighted by Crippen LogP contribution is -2.22. The minimum absolute atomic E-state index is 0.231. The molecule has 0 aliphatic carbocycles. The van der Waals surface area contributed by atoms with Crippen molar-refractivity contribution < 1.29 is 9.90 Å². The molecule has 0 saturated heterocycles. The summed E-state index contributed by atoms with van der Waals surface area (Å²) in [7, 11) is 2.06. The number of carboxylic acids is 1. The molecule has 2 rings (SSSR count). The molecule has 1 unspecified atom stereocenters. The van der Waals surface area contributed by atoms with Gasteiger partial charge in [0.15, 0.2) is 0 Å². The van der Waals surface area contributed by atoms with Crippen molar-refractivity contribution in [3.63, 3.8) is 0 Å². The molecule has 2 aromatic rings. The van der Waals surface area contributed by atoms with Gasteiger partial charge in [-0.3, -0.25) is 4.90 Å². The van der Waals surface area contributed by atoms with Crippen LogP contribution in [0.5, 0.6) is 0 Å². The summed E-state index contributed by atoms with van der Waals surface area (Å²) in [5.74, 6) is -0.892. The Bertz CT molecular complexity index is 634. The summed E-state index contributed by atoms with van der Waals surface area (Å²) >= 11 is 1.72. The van der Waals surface area contributed by atoms with Gasteiger partial charge in [-0.1, -0.05) is 12.1 Å². The fourth-order valence-electron chi connectivity index (χ4n) is 2.32. The Kier molecular flexibility index (Phi) is 4.75. The summed E-state index contributed by atoms with van der Waals surface area (Å²) < 4.78 is 0. The zero-order chi connectivity index (χ0) is 15.6. The van der Waals surface area contributed by atoms with Crippen molar-refractivity contribution >= 4 is 17.3 Å². The van der Waals surface area contributed by atoms with Gasteiger partial charge >= 0.3 is 5.97 Å². The van der Waals surface area contributed by atoms with Gasteiger partial charge in [-0.15, -0.1) is 11.3 Å². The van der Waals surface area contributed by atoms with Crippen molar-refractivity contribution in [2.24, 2.45) is 0 Å². The van der Waals surface area contributed by atoms with Crippen LogP contribution in [0.15, 0.2) is 24.3 Å². The molecule has 1 atom stereocenters. The number of carbonyl (C=O) groups is 1. The molecule has 1 aromatic heterocycles. The van der Waals surface area contributed by atoms with E-state index >= 15 is 0 Å². The van der Waals surface area contributed by atoms with Gasteiger partial charge < -0.3 is 5.11 Å². The summed E-state index contributed by atoms with van der Waals surface area (Å²) in [5, 5.41) is 10.0. The van der Waals surface area contributed by atoms with E-state index in [0.717, 1.165) is 22.8 Å². The monoisotopic (exact) mass is 304 g/mol. The molecule has 0 radical (unpaired) electrons. The van der Waals surface area contributed by atoms with Crippen molar-refractivity contribution in [2.75, 3.05) is 7.05 Å². The molecular weight excluding hydrogens is 284 g/mol. The van der Waals surface area contributed by atoms with Crippen molar-refractivity contribution in [3.8, 4) is 0 Å². The molecule has 5 heteroatoms. The number of rotatable bonds is 5. The van der Waals surface area contributed by atoms with Gasteiger partial charge in [-0.05, 0) is 45.5 Å². The summed E-state index contributed by atoms with van der Waals surface area (Å²) in [6, 6.07) is 7.26. The maximum Gasteiger partial charge on any atom is 0.335 e. The van der Waals surface area contributed by atoms with E-state index in [2.05, 4.69) is 30.8 Å². The summed E-state index contributed by atoms with van der Waals surface area (Å²) in [6.45, 7) is 7.04. The van der Waals surface area contributed by atoms with E-state index in [1.165, 1.54) is 4.88 Å². The lowest BCUT2D eigenvalue weighted by atomic mass is 10.1. The van der Waals surface area contributed by atoms with Gasteiger partial charge in [0.2, 0.25) is 0 Å². The fourth-order valence-corrected chi connectivity index (χ4v) is 3.23. The van der Waals surface area contributed by atoms with E-state index in [4.69, 9.17) is 5.11 Å². The second kappa shape index (κ2) is 6.37. The van der Waals surface area contributed by atoms with E-state index in [-0.39, 0.29) is 6.04 Å². The molecule has 0 saturated carbocycles. The molecule has 0 bridgehead atoms. The maximum absolute atomic E-state index is 10.8. The number of hydrogen-bond donors (Lipinski definition) is 1. The van der Waals surface area contributed by atoms with Gasteiger partial charge in [0.25, 0.3) is 0 Å². The van der Waals surface area contributed by atoms with Crippen LogP contribution in [0.4, 0.5) is 0 Å². The highest BCUT2D eigenvalue weighted by molar-refractivity contribution is 7.11. The summed E-state index contributed by atoms with van der Waals surface area (Å²) in [5.41, 5.74) is 2.54. The zero-order valence-electron chi connectivity index (χ0n) is 12.8. The van der Waals surface area contributed by atoms with Crippen LogP contribution in [0, 0.1) is 13.8 Å². The minimum atomic E-state index is -0.892. The highest BCUT2D eigenvalue weighted by atomic mass is 32.1. The molecule has 1 aromatic carbocycles. The molecule has 0 spiro atoms. The van der Waals surface area contributed by atoms with Gasteiger partial charge in [-0.2, -0.15) is 0 Å². The molecule has 4 nitrogen and oxygen atoms in total. The van der Waals surface area contributed by atoms with Crippen molar-refractivity contribution in [1.82, 2.24) is 9.88 Å². The largest absolute Gasteiger partial charge is 0.478 e. The summed E-state index contributed by atoms with van der Waals surface area (Å²) in [4.78, 5) is 18.9. The van der Waals surface area contributed by atoms with E-state index in [0.29, 0.717) is 5.56 Å². The van der Waals surface area contributed by atoms with Crippen molar-refractivity contribution in [2.45, 2.75) is 33.4 Å². The molecule has 0 amide bonds. The molecule has 21 heavy (non-hydrogen) atoms. The first-order valence-corrected chi connectivity index (χ1v) is 7.66. The molecule has 0 aliphatic rings. The standard InChI is InChI=1S/C16H20N2O2S/c1-10(15-11(2)21-12(3)17-15)18(4)9-13-5-7-14(8-6-13)16(19)20/h5-8,10H,9H2,1-4H3,(H,19,20). The second-order valence-electron chi connectivity index (χ2n) is 5.27. The fraction of sp³-hybridized carbons (Fsp3) is 0.375. The van der Waals surface area contributed by atoms with Gasteiger partial charge in [0, 0.05) is 11.4 Å². The van der Waals surface area contributed by atoms with Crippen LogP contribution >= 0.6 is 11.3 Å². The average Bonchev–Trinajstić information content (AvgIpc) is 2.77. The SMILES string of the molecule is Cc1nc(C(C)N(C)Cc2ccc(C(=O)O)cc2)c(C)s1. The molecule has 0 aliphatic heterocycles. The third-order valence-corrected chi connectivity index (χ3v) is 4.53. The first-order valence-electron chi connectivity index (χ1n) is 6.85. The minimum Gasteiger partial charge on any atom is -0.478 e. The van der Waals surface area contributed by atoms with Crippen LogP contribution in [0.25, 0.3) is 0 Å². The zero-order valence-corrected chi connectivity index (χ0v) is 13.6. The Morgan fingerprint density at radius 3 is 2.43 bits per heavy atom. The first kappa shape index (κ1) is 15.7. The molecule has 0 fully saturated rings. The predicted octanol–water partition coefficient (Wildman–Crippen LogP) is 3.65. The Hall–Kier alpha value is -1.72. The summed E-state index contributed by atoms with van der Waals surface area (Å²) in [6.07, 6.45) is 0. The van der Waals surface area contributed by atoms with Crippen LogP contribution in [-0.2, 0) is 6.54 Å². The Morgan fingerprint density at radius 2 is 1.95 bits per heavy atom. The Morgan fingerprint density at radius 1 is 1.33 bits per heavy atom. The third-order valence-electron chi connectivity index (χ3n) is 3.63. The topological polar surface area (TPSA) is 53.4 Å². The van der Waals surface area contributed by atoms with Crippen LogP contribution in [-0.4, -0.2) is 28.0 Å². The number of hydrogen-bond acceptors (Lipinski definition) is 4.